The second-order valence-corrected chi connectivity index (χ2v) is 7.37. The molecule has 1 aromatic carbocycles. The van der Waals surface area contributed by atoms with Crippen LogP contribution in [0.5, 0.6) is 0 Å². The molecule has 1 amide bonds. The molecular formula is C19H23FN6O2. The third-order valence-electron chi connectivity index (χ3n) is 3.99. The second kappa shape index (κ2) is 9.05. The quantitative estimate of drug-likeness (QED) is 0.605. The average Bonchev–Trinajstić information content (AvgIpc) is 2.63. The molecular weight excluding hydrogens is 363 g/mol. The van der Waals surface area contributed by atoms with Gasteiger partial charge in [0, 0.05) is 25.2 Å². The van der Waals surface area contributed by atoms with E-state index in [0.717, 1.165) is 0 Å². The first-order valence-electron chi connectivity index (χ1n) is 8.90. The van der Waals surface area contributed by atoms with Crippen LogP contribution in [0.25, 0.3) is 0 Å². The Balaban J connectivity index is 2.00. The van der Waals surface area contributed by atoms with Crippen LogP contribution < -0.4 is 10.7 Å². The van der Waals surface area contributed by atoms with Crippen molar-refractivity contribution in [3.63, 3.8) is 0 Å². The van der Waals surface area contributed by atoms with Crippen molar-refractivity contribution in [3.8, 4) is 12.1 Å². The highest BCUT2D eigenvalue weighted by Gasteiger charge is 2.27. The molecule has 0 bridgehead atoms. The second-order valence-electron chi connectivity index (χ2n) is 7.37. The summed E-state index contributed by atoms with van der Waals surface area (Å²) in [6.45, 7) is 6.57. The summed E-state index contributed by atoms with van der Waals surface area (Å²) in [6, 6.07) is 7.43. The van der Waals surface area contributed by atoms with Crippen LogP contribution in [0.4, 0.5) is 20.6 Å². The molecule has 1 saturated heterocycles. The van der Waals surface area contributed by atoms with Crippen molar-refractivity contribution >= 4 is 23.2 Å². The molecule has 0 unspecified atom stereocenters. The molecule has 0 atom stereocenters. The Hall–Kier alpha value is -3.33. The summed E-state index contributed by atoms with van der Waals surface area (Å²) >= 11 is 0. The van der Waals surface area contributed by atoms with Gasteiger partial charge in [-0.3, -0.25) is 5.43 Å². The highest BCUT2D eigenvalue weighted by Crippen LogP contribution is 2.26. The lowest BCUT2D eigenvalue weighted by molar-refractivity contribution is 0.0210. The molecule has 0 aliphatic carbocycles. The maximum absolute atomic E-state index is 13.6. The number of benzene rings is 1. The van der Waals surface area contributed by atoms with E-state index in [1.54, 1.807) is 23.1 Å². The van der Waals surface area contributed by atoms with Crippen molar-refractivity contribution < 1.29 is 13.9 Å². The zero-order chi connectivity index (χ0) is 20.7. The normalized spacial score (nSPS) is 14.4. The van der Waals surface area contributed by atoms with E-state index in [2.05, 4.69) is 15.8 Å². The van der Waals surface area contributed by atoms with Crippen molar-refractivity contribution in [2.45, 2.75) is 45.3 Å². The molecule has 1 heterocycles. The lowest BCUT2D eigenvalue weighted by Gasteiger charge is -2.34. The van der Waals surface area contributed by atoms with E-state index in [-0.39, 0.29) is 17.8 Å². The Labute approximate surface area is 163 Å². The van der Waals surface area contributed by atoms with E-state index in [1.165, 1.54) is 12.1 Å². The van der Waals surface area contributed by atoms with Gasteiger partial charge in [-0.05, 0) is 45.7 Å². The van der Waals surface area contributed by atoms with Crippen LogP contribution in [0.2, 0.25) is 0 Å². The van der Waals surface area contributed by atoms with Gasteiger partial charge in [0.1, 0.15) is 23.6 Å². The molecule has 1 aromatic rings. The Kier molecular flexibility index (Phi) is 6.78. The summed E-state index contributed by atoms with van der Waals surface area (Å²) < 4.78 is 19.0. The largest absolute Gasteiger partial charge is 0.444 e. The number of ether oxygens (including phenoxy) is 1. The number of piperidine rings is 1. The molecule has 1 aliphatic rings. The maximum Gasteiger partial charge on any atom is 0.410 e. The standard InChI is InChI=1S/C19H23FN6O2/c1-19(2,3)28-18(27)26-8-6-14(7-9-26)23-16-5-4-13(20)10-17(16)25-24-15(11-21)12-22/h4-5,10,14,23,25H,6-9H2,1-3H3. The molecule has 148 valence electrons. The lowest BCUT2D eigenvalue weighted by Crippen LogP contribution is -2.44. The Bertz CT molecular complexity index is 810. The molecule has 0 aromatic heterocycles. The number of hydrogen-bond donors (Lipinski definition) is 2. The fourth-order valence-corrected chi connectivity index (χ4v) is 2.68. The van der Waals surface area contributed by atoms with E-state index in [9.17, 15) is 9.18 Å². The van der Waals surface area contributed by atoms with Crippen LogP contribution >= 0.6 is 0 Å². The highest BCUT2D eigenvalue weighted by atomic mass is 19.1. The number of likely N-dealkylation sites (tertiary alicyclic amines) is 1. The summed E-state index contributed by atoms with van der Waals surface area (Å²) in [4.78, 5) is 13.8. The number of nitriles is 2. The Morgan fingerprint density at radius 1 is 1.25 bits per heavy atom. The van der Waals surface area contributed by atoms with Gasteiger partial charge in [-0.25, -0.2) is 9.18 Å². The van der Waals surface area contributed by atoms with Crippen LogP contribution in [0.3, 0.4) is 0 Å². The van der Waals surface area contributed by atoms with Crippen molar-refractivity contribution in [3.05, 3.63) is 24.0 Å². The predicted octanol–water partition coefficient (Wildman–Crippen LogP) is 3.45. The van der Waals surface area contributed by atoms with Crippen LogP contribution in [0.15, 0.2) is 23.3 Å². The highest BCUT2D eigenvalue weighted by molar-refractivity contribution is 6.10. The van der Waals surface area contributed by atoms with E-state index < -0.39 is 11.4 Å². The number of hydrogen-bond acceptors (Lipinski definition) is 7. The smallest absolute Gasteiger partial charge is 0.410 e. The van der Waals surface area contributed by atoms with Gasteiger partial charge in [0.2, 0.25) is 5.71 Å². The summed E-state index contributed by atoms with van der Waals surface area (Å²) in [5.41, 5.74) is 2.57. The van der Waals surface area contributed by atoms with Crippen molar-refractivity contribution in [2.75, 3.05) is 23.8 Å². The van der Waals surface area contributed by atoms with E-state index in [1.807, 2.05) is 20.8 Å². The fraction of sp³-hybridized carbons (Fsp3) is 0.474. The topological polar surface area (TPSA) is 114 Å². The van der Waals surface area contributed by atoms with Gasteiger partial charge in [-0.1, -0.05) is 0 Å². The zero-order valence-corrected chi connectivity index (χ0v) is 16.1. The van der Waals surface area contributed by atoms with Crippen molar-refractivity contribution in [1.29, 1.82) is 10.5 Å². The summed E-state index contributed by atoms with van der Waals surface area (Å²) in [6.07, 6.45) is 1.06. The summed E-state index contributed by atoms with van der Waals surface area (Å²) in [5, 5.41) is 24.5. The molecule has 8 nitrogen and oxygen atoms in total. The van der Waals surface area contributed by atoms with Gasteiger partial charge < -0.3 is 15.0 Å². The van der Waals surface area contributed by atoms with Crippen molar-refractivity contribution in [1.82, 2.24) is 4.90 Å². The predicted molar refractivity (Wildman–Crippen MR) is 103 cm³/mol. The summed E-state index contributed by atoms with van der Waals surface area (Å²) in [7, 11) is 0. The minimum atomic E-state index is -0.535. The van der Waals surface area contributed by atoms with Crippen LogP contribution in [-0.2, 0) is 4.74 Å². The van der Waals surface area contributed by atoms with E-state index in [4.69, 9.17) is 15.3 Å². The number of halogens is 1. The van der Waals surface area contributed by atoms with Crippen LogP contribution in [-0.4, -0.2) is 41.4 Å². The molecule has 28 heavy (non-hydrogen) atoms. The lowest BCUT2D eigenvalue weighted by atomic mass is 10.0. The number of anilines is 2. The number of carbonyl (C=O) groups is 1. The van der Waals surface area contributed by atoms with Crippen molar-refractivity contribution in [2.24, 2.45) is 5.10 Å². The SMILES string of the molecule is CC(C)(C)OC(=O)N1CCC(Nc2ccc(F)cc2NN=C(C#N)C#N)CC1. The number of rotatable bonds is 4. The van der Waals surface area contributed by atoms with Gasteiger partial charge in [-0.2, -0.15) is 15.6 Å². The van der Waals surface area contributed by atoms with Crippen LogP contribution in [0.1, 0.15) is 33.6 Å². The first-order chi connectivity index (χ1) is 13.2. The molecule has 1 fully saturated rings. The van der Waals surface area contributed by atoms with Gasteiger partial charge in [0.15, 0.2) is 0 Å². The number of nitrogens with zero attached hydrogens (tertiary/aromatic N) is 4. The maximum atomic E-state index is 13.6. The molecule has 0 saturated carbocycles. The van der Waals surface area contributed by atoms with E-state index in [0.29, 0.717) is 37.3 Å². The van der Waals surface area contributed by atoms with Crippen LogP contribution in [0, 0.1) is 28.5 Å². The molecule has 2 rings (SSSR count). The van der Waals surface area contributed by atoms with E-state index >= 15 is 0 Å². The molecule has 1 aliphatic heterocycles. The number of carbonyl (C=O) groups excluding carboxylic acids is 1. The molecule has 0 radical (unpaired) electrons. The number of amides is 1. The Morgan fingerprint density at radius 3 is 2.46 bits per heavy atom. The van der Waals surface area contributed by atoms with Gasteiger partial charge in [0.05, 0.1) is 11.4 Å². The Morgan fingerprint density at radius 2 is 1.89 bits per heavy atom. The molecule has 9 heteroatoms. The van der Waals surface area contributed by atoms with Gasteiger partial charge in [-0.15, -0.1) is 0 Å². The minimum absolute atomic E-state index is 0.0695. The fourth-order valence-electron chi connectivity index (χ4n) is 2.68. The minimum Gasteiger partial charge on any atom is -0.444 e. The first kappa shape index (κ1) is 21.0. The third kappa shape index (κ3) is 6.13. The molecule has 0 spiro atoms. The number of hydrazone groups is 1. The number of nitrogens with one attached hydrogen (secondary N) is 2. The van der Waals surface area contributed by atoms with Gasteiger partial charge >= 0.3 is 6.09 Å². The summed E-state index contributed by atoms with van der Waals surface area (Å²) in [5.74, 6) is -0.474. The zero-order valence-electron chi connectivity index (χ0n) is 16.1. The molecule has 2 N–H and O–H groups in total. The average molecular weight is 386 g/mol. The van der Waals surface area contributed by atoms with Gasteiger partial charge in [0.25, 0.3) is 0 Å². The third-order valence-corrected chi connectivity index (χ3v) is 3.99. The monoisotopic (exact) mass is 386 g/mol. The first-order valence-corrected chi connectivity index (χ1v) is 8.90.